The lowest BCUT2D eigenvalue weighted by Gasteiger charge is -2.32. The minimum Gasteiger partial charge on any atom is -0.381 e. The zero-order valence-electron chi connectivity index (χ0n) is 15.8. The van der Waals surface area contributed by atoms with Crippen molar-refractivity contribution in [2.24, 2.45) is 5.73 Å². The molecule has 7 heteroatoms. The van der Waals surface area contributed by atoms with Gasteiger partial charge in [0.05, 0.1) is 17.2 Å². The summed E-state index contributed by atoms with van der Waals surface area (Å²) in [5.74, 6) is -0.887. The summed E-state index contributed by atoms with van der Waals surface area (Å²) in [5, 5.41) is 21.1. The highest BCUT2D eigenvalue weighted by Crippen LogP contribution is 2.23. The summed E-state index contributed by atoms with van der Waals surface area (Å²) in [4.78, 5) is 12.5. The number of carbonyl (C=O) groups excluding carboxylic acids is 1. The van der Waals surface area contributed by atoms with Crippen molar-refractivity contribution in [3.05, 3.63) is 59.4 Å². The molecule has 0 bridgehead atoms. The first-order valence-electron chi connectivity index (χ1n) is 9.31. The summed E-state index contributed by atoms with van der Waals surface area (Å²) in [5.41, 5.74) is 7.57. The Hall–Kier alpha value is -3.26. The number of nitrogens with zero attached hydrogens (tertiary/aromatic N) is 2. The van der Waals surface area contributed by atoms with Crippen LogP contribution in [0.25, 0.3) is 11.1 Å². The average Bonchev–Trinajstić information content (AvgIpc) is 2.74. The quantitative estimate of drug-likeness (QED) is 0.812. The molecule has 0 aromatic heterocycles. The number of ether oxygens (including phenoxy) is 1. The van der Waals surface area contributed by atoms with Crippen LogP contribution in [0.5, 0.6) is 0 Å². The lowest BCUT2D eigenvalue weighted by atomic mass is 9.90. The molecule has 29 heavy (non-hydrogen) atoms. The first kappa shape index (κ1) is 20.5. The van der Waals surface area contributed by atoms with Crippen molar-refractivity contribution in [3.8, 4) is 23.3 Å². The molecule has 148 valence electrons. The van der Waals surface area contributed by atoms with Gasteiger partial charge in [-0.2, -0.15) is 10.5 Å². The van der Waals surface area contributed by atoms with Crippen LogP contribution in [0.4, 0.5) is 4.39 Å². The van der Waals surface area contributed by atoms with Crippen molar-refractivity contribution in [2.45, 2.75) is 30.8 Å². The SMILES string of the molecule is N#Cc1cc(-c2ccc(CC(C#N)NC(=O)C3(N)CCOCC3)cc2)ccc1F. The third-order valence-corrected chi connectivity index (χ3v) is 5.11. The van der Waals surface area contributed by atoms with E-state index in [1.807, 2.05) is 30.3 Å². The van der Waals surface area contributed by atoms with Gasteiger partial charge in [0, 0.05) is 19.6 Å². The van der Waals surface area contributed by atoms with Crippen molar-refractivity contribution in [1.29, 1.82) is 10.5 Å². The molecule has 0 radical (unpaired) electrons. The van der Waals surface area contributed by atoms with Gasteiger partial charge in [0.1, 0.15) is 17.9 Å². The van der Waals surface area contributed by atoms with Gasteiger partial charge in [0.25, 0.3) is 0 Å². The van der Waals surface area contributed by atoms with E-state index in [2.05, 4.69) is 11.4 Å². The molecule has 3 N–H and O–H groups in total. The normalized spacial score (nSPS) is 16.3. The zero-order chi connectivity index (χ0) is 20.9. The van der Waals surface area contributed by atoms with Crippen LogP contribution in [-0.4, -0.2) is 30.7 Å². The van der Waals surface area contributed by atoms with Gasteiger partial charge in [-0.15, -0.1) is 0 Å². The fourth-order valence-electron chi connectivity index (χ4n) is 3.25. The van der Waals surface area contributed by atoms with Gasteiger partial charge in [0.15, 0.2) is 0 Å². The summed E-state index contributed by atoms with van der Waals surface area (Å²) < 4.78 is 18.7. The smallest absolute Gasteiger partial charge is 0.241 e. The number of nitriles is 2. The molecular weight excluding hydrogens is 371 g/mol. The predicted octanol–water partition coefficient (Wildman–Crippen LogP) is 2.42. The van der Waals surface area contributed by atoms with Gasteiger partial charge in [-0.3, -0.25) is 4.79 Å². The second kappa shape index (κ2) is 8.83. The third kappa shape index (κ3) is 4.78. The molecule has 1 aliphatic rings. The Morgan fingerprint density at radius 2 is 1.83 bits per heavy atom. The Morgan fingerprint density at radius 3 is 2.45 bits per heavy atom. The number of carbonyl (C=O) groups is 1. The molecule has 0 saturated carbocycles. The van der Waals surface area contributed by atoms with Gasteiger partial charge in [-0.05, 0) is 41.7 Å². The van der Waals surface area contributed by atoms with E-state index in [4.69, 9.17) is 15.7 Å². The fourth-order valence-corrected chi connectivity index (χ4v) is 3.25. The molecule has 2 aromatic carbocycles. The number of benzene rings is 2. The van der Waals surface area contributed by atoms with Crippen LogP contribution >= 0.6 is 0 Å². The molecule has 6 nitrogen and oxygen atoms in total. The number of nitrogens with one attached hydrogen (secondary N) is 1. The number of amides is 1. The summed E-state index contributed by atoms with van der Waals surface area (Å²) in [6.07, 6.45) is 1.18. The van der Waals surface area contributed by atoms with E-state index in [0.717, 1.165) is 16.7 Å². The summed E-state index contributed by atoms with van der Waals surface area (Å²) in [6.45, 7) is 0.860. The van der Waals surface area contributed by atoms with E-state index < -0.39 is 17.4 Å². The maximum atomic E-state index is 13.5. The first-order valence-corrected chi connectivity index (χ1v) is 9.31. The number of hydrogen-bond donors (Lipinski definition) is 2. The van der Waals surface area contributed by atoms with Crippen LogP contribution in [0, 0.1) is 28.5 Å². The van der Waals surface area contributed by atoms with Crippen molar-refractivity contribution in [1.82, 2.24) is 5.32 Å². The lowest BCUT2D eigenvalue weighted by Crippen LogP contribution is -2.58. The molecule has 1 heterocycles. The molecule has 0 spiro atoms. The number of halogens is 1. The lowest BCUT2D eigenvalue weighted by molar-refractivity contribution is -0.130. The summed E-state index contributed by atoms with van der Waals surface area (Å²) in [7, 11) is 0. The molecule has 1 unspecified atom stereocenters. The van der Waals surface area contributed by atoms with E-state index in [1.54, 1.807) is 6.07 Å². The van der Waals surface area contributed by atoms with E-state index >= 15 is 0 Å². The first-order chi connectivity index (χ1) is 13.9. The van der Waals surface area contributed by atoms with E-state index in [-0.39, 0.29) is 11.5 Å². The zero-order valence-corrected chi connectivity index (χ0v) is 15.8. The predicted molar refractivity (Wildman–Crippen MR) is 105 cm³/mol. The van der Waals surface area contributed by atoms with Crippen molar-refractivity contribution in [3.63, 3.8) is 0 Å². The van der Waals surface area contributed by atoms with E-state index in [9.17, 15) is 14.4 Å². The molecule has 1 saturated heterocycles. The minimum atomic E-state index is -1.00. The number of rotatable bonds is 5. The Kier molecular flexibility index (Phi) is 6.23. The van der Waals surface area contributed by atoms with Crippen LogP contribution < -0.4 is 11.1 Å². The molecule has 0 aliphatic carbocycles. The standard InChI is InChI=1S/C22H21FN4O2/c23-20-6-5-17(12-18(20)13-24)16-3-1-15(2-4-16)11-19(14-25)27-21(28)22(26)7-9-29-10-8-22/h1-6,12,19H,7-11,26H2,(H,27,28). The van der Waals surface area contributed by atoms with Crippen LogP contribution in [0.15, 0.2) is 42.5 Å². The fraction of sp³-hybridized carbons (Fsp3) is 0.318. The number of hydrogen-bond acceptors (Lipinski definition) is 5. The largest absolute Gasteiger partial charge is 0.381 e. The summed E-state index contributed by atoms with van der Waals surface area (Å²) in [6, 6.07) is 15.0. The molecule has 3 rings (SSSR count). The number of nitrogens with two attached hydrogens (primary N) is 1. The Morgan fingerprint density at radius 1 is 1.17 bits per heavy atom. The second-order valence-corrected chi connectivity index (χ2v) is 7.13. The Labute approximate surface area is 168 Å². The molecule has 2 aromatic rings. The van der Waals surface area contributed by atoms with Crippen molar-refractivity contribution < 1.29 is 13.9 Å². The van der Waals surface area contributed by atoms with Crippen LogP contribution in [-0.2, 0) is 16.0 Å². The average molecular weight is 392 g/mol. The van der Waals surface area contributed by atoms with Gasteiger partial charge >= 0.3 is 0 Å². The highest BCUT2D eigenvalue weighted by atomic mass is 19.1. The third-order valence-electron chi connectivity index (χ3n) is 5.11. The monoisotopic (exact) mass is 392 g/mol. The molecular formula is C22H21FN4O2. The van der Waals surface area contributed by atoms with Crippen LogP contribution in [0.3, 0.4) is 0 Å². The molecule has 1 fully saturated rings. The Balaban J connectivity index is 1.67. The molecule has 1 amide bonds. The highest BCUT2D eigenvalue weighted by molar-refractivity contribution is 5.86. The summed E-state index contributed by atoms with van der Waals surface area (Å²) >= 11 is 0. The maximum absolute atomic E-state index is 13.5. The van der Waals surface area contributed by atoms with E-state index in [1.165, 1.54) is 12.1 Å². The topological polar surface area (TPSA) is 112 Å². The van der Waals surface area contributed by atoms with Crippen LogP contribution in [0.1, 0.15) is 24.0 Å². The van der Waals surface area contributed by atoms with Gasteiger partial charge in [0.2, 0.25) is 5.91 Å². The highest BCUT2D eigenvalue weighted by Gasteiger charge is 2.36. The minimum absolute atomic E-state index is 0.0114. The van der Waals surface area contributed by atoms with Crippen LogP contribution in [0.2, 0.25) is 0 Å². The van der Waals surface area contributed by atoms with Crippen molar-refractivity contribution >= 4 is 5.91 Å². The maximum Gasteiger partial charge on any atom is 0.241 e. The van der Waals surface area contributed by atoms with Gasteiger partial charge in [-0.1, -0.05) is 30.3 Å². The Bertz CT molecular complexity index is 970. The van der Waals surface area contributed by atoms with E-state index in [0.29, 0.717) is 32.5 Å². The van der Waals surface area contributed by atoms with Gasteiger partial charge in [-0.25, -0.2) is 4.39 Å². The molecule has 1 aliphatic heterocycles. The van der Waals surface area contributed by atoms with Crippen molar-refractivity contribution in [2.75, 3.05) is 13.2 Å². The van der Waals surface area contributed by atoms with Gasteiger partial charge < -0.3 is 15.8 Å². The second-order valence-electron chi connectivity index (χ2n) is 7.13. The molecule has 1 atom stereocenters.